The molecule has 3 nitrogen and oxygen atoms in total. The molecule has 2 aliphatic heterocycles. The summed E-state index contributed by atoms with van der Waals surface area (Å²) in [4.78, 5) is 2.52. The molecule has 3 heteroatoms. The average Bonchev–Trinajstić information content (AvgIpc) is 2.33. The Bertz CT molecular complexity index is 109. The van der Waals surface area contributed by atoms with Gasteiger partial charge < -0.3 is 14.4 Å². The van der Waals surface area contributed by atoms with Crippen molar-refractivity contribution in [2.45, 2.75) is 26.2 Å². The van der Waals surface area contributed by atoms with Crippen molar-refractivity contribution in [2.75, 3.05) is 46.1 Å². The second kappa shape index (κ2) is 8.21. The molecule has 2 saturated heterocycles. The van der Waals surface area contributed by atoms with Crippen LogP contribution in [0, 0.1) is 0 Å². The molecular formula is C11H23NO2. The van der Waals surface area contributed by atoms with Crippen molar-refractivity contribution in [1.29, 1.82) is 0 Å². The topological polar surface area (TPSA) is 21.7 Å². The van der Waals surface area contributed by atoms with Gasteiger partial charge in [0.05, 0.1) is 26.4 Å². The van der Waals surface area contributed by atoms with E-state index in [0.29, 0.717) is 0 Å². The number of likely N-dealkylation sites (tertiary alicyclic amines) is 1. The van der Waals surface area contributed by atoms with Crippen LogP contribution in [-0.4, -0.2) is 51.0 Å². The Morgan fingerprint density at radius 1 is 0.857 bits per heavy atom. The van der Waals surface area contributed by atoms with Gasteiger partial charge in [-0.1, -0.05) is 13.3 Å². The van der Waals surface area contributed by atoms with E-state index in [9.17, 15) is 0 Å². The van der Waals surface area contributed by atoms with E-state index in [-0.39, 0.29) is 0 Å². The molecule has 0 aromatic heterocycles. The lowest BCUT2D eigenvalue weighted by Gasteiger charge is -2.24. The van der Waals surface area contributed by atoms with Crippen LogP contribution >= 0.6 is 0 Å². The summed E-state index contributed by atoms with van der Waals surface area (Å²) in [5.41, 5.74) is 0. The van der Waals surface area contributed by atoms with E-state index in [2.05, 4.69) is 11.8 Å². The third-order valence-corrected chi connectivity index (χ3v) is 2.64. The summed E-state index contributed by atoms with van der Waals surface area (Å²) in [5, 5.41) is 0. The molecule has 0 aromatic carbocycles. The first-order chi connectivity index (χ1) is 6.93. The minimum absolute atomic E-state index is 0.778. The van der Waals surface area contributed by atoms with Crippen molar-refractivity contribution in [3.63, 3.8) is 0 Å². The monoisotopic (exact) mass is 201 g/mol. The molecule has 14 heavy (non-hydrogen) atoms. The lowest BCUT2D eigenvalue weighted by molar-refractivity contribution is -0.0334. The molecule has 0 N–H and O–H groups in total. The predicted molar refractivity (Wildman–Crippen MR) is 57.6 cm³/mol. The smallest absolute Gasteiger partial charge is 0.0701 e. The van der Waals surface area contributed by atoms with Gasteiger partial charge in [-0.15, -0.1) is 0 Å². The highest BCUT2D eigenvalue weighted by Gasteiger charge is 2.05. The van der Waals surface area contributed by atoms with Gasteiger partial charge in [0, 0.05) is 0 Å². The number of hydrogen-bond acceptors (Lipinski definition) is 3. The normalized spacial score (nSPS) is 23.8. The fourth-order valence-corrected chi connectivity index (χ4v) is 1.72. The van der Waals surface area contributed by atoms with Crippen molar-refractivity contribution < 1.29 is 9.47 Å². The summed E-state index contributed by atoms with van der Waals surface area (Å²) in [6, 6.07) is 0. The third kappa shape index (κ3) is 5.58. The molecule has 0 amide bonds. The average molecular weight is 201 g/mol. The van der Waals surface area contributed by atoms with E-state index in [1.807, 2.05) is 0 Å². The zero-order chi connectivity index (χ0) is 10.1. The highest BCUT2D eigenvalue weighted by atomic mass is 16.6. The highest BCUT2D eigenvalue weighted by Crippen LogP contribution is 2.06. The molecule has 0 bridgehead atoms. The maximum absolute atomic E-state index is 4.94. The van der Waals surface area contributed by atoms with Crippen LogP contribution in [0.4, 0.5) is 0 Å². The molecule has 2 aliphatic rings. The van der Waals surface area contributed by atoms with Crippen LogP contribution in [0.2, 0.25) is 0 Å². The van der Waals surface area contributed by atoms with E-state index in [4.69, 9.17) is 9.47 Å². The largest absolute Gasteiger partial charge is 0.377 e. The predicted octanol–water partition coefficient (Wildman–Crippen LogP) is 1.53. The molecule has 0 atom stereocenters. The molecule has 0 aliphatic carbocycles. The Morgan fingerprint density at radius 2 is 1.36 bits per heavy atom. The van der Waals surface area contributed by atoms with E-state index in [0.717, 1.165) is 26.4 Å². The van der Waals surface area contributed by atoms with Crippen molar-refractivity contribution in [1.82, 2.24) is 4.90 Å². The van der Waals surface area contributed by atoms with E-state index >= 15 is 0 Å². The van der Waals surface area contributed by atoms with Crippen molar-refractivity contribution in [2.24, 2.45) is 0 Å². The Labute approximate surface area is 87.4 Å². The van der Waals surface area contributed by atoms with Gasteiger partial charge in [-0.05, 0) is 32.5 Å². The molecule has 0 radical (unpaired) electrons. The highest BCUT2D eigenvalue weighted by molar-refractivity contribution is 4.61. The minimum Gasteiger partial charge on any atom is -0.377 e. The van der Waals surface area contributed by atoms with Crippen LogP contribution in [0.15, 0.2) is 0 Å². The summed E-state index contributed by atoms with van der Waals surface area (Å²) in [7, 11) is 0. The number of ether oxygens (including phenoxy) is 2. The zero-order valence-electron chi connectivity index (χ0n) is 9.33. The first-order valence-electron chi connectivity index (χ1n) is 5.81. The second-order valence-corrected chi connectivity index (χ2v) is 3.72. The molecule has 2 fully saturated rings. The molecule has 0 spiro atoms. The standard InChI is InChI=1S/C7H15N.C4H8O2/c1-2-8-6-4-3-5-7-8;1-2-6-4-3-5-1/h2-7H2,1H3;1-4H2. The Kier molecular flexibility index (Phi) is 7.01. The molecule has 0 aromatic rings. The summed E-state index contributed by atoms with van der Waals surface area (Å²) < 4.78 is 9.89. The van der Waals surface area contributed by atoms with Gasteiger partial charge in [0.1, 0.15) is 0 Å². The van der Waals surface area contributed by atoms with Gasteiger partial charge in [-0.25, -0.2) is 0 Å². The maximum atomic E-state index is 4.94. The Morgan fingerprint density at radius 3 is 1.64 bits per heavy atom. The number of nitrogens with zero attached hydrogens (tertiary/aromatic N) is 1. The van der Waals surface area contributed by atoms with Crippen molar-refractivity contribution in [3.05, 3.63) is 0 Å². The fourth-order valence-electron chi connectivity index (χ4n) is 1.72. The van der Waals surface area contributed by atoms with Gasteiger partial charge in [0.2, 0.25) is 0 Å². The van der Waals surface area contributed by atoms with E-state index < -0.39 is 0 Å². The van der Waals surface area contributed by atoms with Crippen LogP contribution in [0.25, 0.3) is 0 Å². The fraction of sp³-hybridized carbons (Fsp3) is 1.00. The maximum Gasteiger partial charge on any atom is 0.0701 e. The lowest BCUT2D eigenvalue weighted by atomic mass is 10.1. The molecule has 2 rings (SSSR count). The molecular weight excluding hydrogens is 178 g/mol. The quantitative estimate of drug-likeness (QED) is 0.642. The Hall–Kier alpha value is -0.120. The van der Waals surface area contributed by atoms with Gasteiger partial charge in [0.25, 0.3) is 0 Å². The van der Waals surface area contributed by atoms with Crippen LogP contribution in [0.5, 0.6) is 0 Å². The molecule has 2 heterocycles. The van der Waals surface area contributed by atoms with Crippen LogP contribution < -0.4 is 0 Å². The number of piperidine rings is 1. The summed E-state index contributed by atoms with van der Waals surface area (Å²) in [5.74, 6) is 0. The van der Waals surface area contributed by atoms with Gasteiger partial charge in [-0.3, -0.25) is 0 Å². The first-order valence-corrected chi connectivity index (χ1v) is 5.81. The zero-order valence-corrected chi connectivity index (χ0v) is 9.33. The van der Waals surface area contributed by atoms with E-state index in [1.54, 1.807) is 0 Å². The molecule has 84 valence electrons. The lowest BCUT2D eigenvalue weighted by Crippen LogP contribution is -2.29. The molecule has 0 saturated carbocycles. The van der Waals surface area contributed by atoms with E-state index in [1.165, 1.54) is 38.9 Å². The van der Waals surface area contributed by atoms with Crippen LogP contribution in [-0.2, 0) is 9.47 Å². The van der Waals surface area contributed by atoms with Crippen molar-refractivity contribution in [3.8, 4) is 0 Å². The number of hydrogen-bond donors (Lipinski definition) is 0. The van der Waals surface area contributed by atoms with Crippen LogP contribution in [0.1, 0.15) is 26.2 Å². The van der Waals surface area contributed by atoms with Crippen LogP contribution in [0.3, 0.4) is 0 Å². The summed E-state index contributed by atoms with van der Waals surface area (Å²) in [6.45, 7) is 9.29. The third-order valence-electron chi connectivity index (χ3n) is 2.64. The van der Waals surface area contributed by atoms with Gasteiger partial charge in [0.15, 0.2) is 0 Å². The first kappa shape index (κ1) is 12.0. The van der Waals surface area contributed by atoms with Gasteiger partial charge in [-0.2, -0.15) is 0 Å². The molecule has 0 unspecified atom stereocenters. The number of rotatable bonds is 1. The summed E-state index contributed by atoms with van der Waals surface area (Å²) >= 11 is 0. The van der Waals surface area contributed by atoms with Crippen molar-refractivity contribution >= 4 is 0 Å². The summed E-state index contributed by atoms with van der Waals surface area (Å²) in [6.07, 6.45) is 4.30. The van der Waals surface area contributed by atoms with Gasteiger partial charge >= 0.3 is 0 Å². The second-order valence-electron chi connectivity index (χ2n) is 3.72. The Balaban J connectivity index is 0.000000146. The SMILES string of the molecule is C1COCCO1.CCN1CCCCC1. The minimum atomic E-state index is 0.778.